The van der Waals surface area contributed by atoms with E-state index in [1.807, 2.05) is 54.4 Å². The monoisotopic (exact) mass is 352 g/mol. The van der Waals surface area contributed by atoms with Crippen molar-refractivity contribution in [2.75, 3.05) is 33.2 Å². The number of amides is 2. The van der Waals surface area contributed by atoms with Gasteiger partial charge in [-0.3, -0.25) is 14.5 Å². The van der Waals surface area contributed by atoms with E-state index in [-0.39, 0.29) is 11.8 Å². The van der Waals surface area contributed by atoms with E-state index in [0.29, 0.717) is 38.2 Å². The molecule has 0 bridgehead atoms. The van der Waals surface area contributed by atoms with Crippen LogP contribution < -0.4 is 5.32 Å². The van der Waals surface area contributed by atoms with Crippen molar-refractivity contribution in [3.63, 3.8) is 0 Å². The predicted molar refractivity (Wildman–Crippen MR) is 99.7 cm³/mol. The van der Waals surface area contributed by atoms with Gasteiger partial charge < -0.3 is 15.2 Å². The fourth-order valence-electron chi connectivity index (χ4n) is 4.05. The van der Waals surface area contributed by atoms with Crippen molar-refractivity contribution in [2.24, 2.45) is 0 Å². The number of carbonyl (C=O) groups is 2. The number of piperidine rings is 1. The summed E-state index contributed by atoms with van der Waals surface area (Å²) in [6, 6.07) is 13.7. The Morgan fingerprint density at radius 2 is 1.77 bits per heavy atom. The third kappa shape index (κ3) is 2.80. The zero-order valence-corrected chi connectivity index (χ0v) is 15.0. The van der Waals surface area contributed by atoms with Crippen molar-refractivity contribution in [3.05, 3.63) is 48.2 Å². The summed E-state index contributed by atoms with van der Waals surface area (Å²) < 4.78 is 0. The number of hydrogen-bond acceptors (Lipinski definition) is 3. The SMILES string of the molecule is CN1CCNC(=O)C12CCN(C(=O)c1ccc(-c3ccccc3)[nH]1)CC2. The molecule has 1 aromatic heterocycles. The Kier molecular flexibility index (Phi) is 4.28. The van der Waals surface area contributed by atoms with Gasteiger partial charge in [-0.25, -0.2) is 0 Å². The molecule has 0 atom stereocenters. The quantitative estimate of drug-likeness (QED) is 0.865. The molecule has 2 N–H and O–H groups in total. The second kappa shape index (κ2) is 6.61. The second-order valence-electron chi connectivity index (χ2n) is 7.15. The molecule has 1 spiro atoms. The number of rotatable bonds is 2. The van der Waals surface area contributed by atoms with Crippen LogP contribution in [0.15, 0.2) is 42.5 Å². The summed E-state index contributed by atoms with van der Waals surface area (Å²) >= 11 is 0. The van der Waals surface area contributed by atoms with Gasteiger partial charge in [0.2, 0.25) is 5.91 Å². The Labute approximate surface area is 153 Å². The number of nitrogens with zero attached hydrogens (tertiary/aromatic N) is 2. The van der Waals surface area contributed by atoms with Gasteiger partial charge in [0.1, 0.15) is 11.2 Å². The van der Waals surface area contributed by atoms with Gasteiger partial charge in [-0.1, -0.05) is 30.3 Å². The zero-order valence-electron chi connectivity index (χ0n) is 15.0. The van der Waals surface area contributed by atoms with Crippen LogP contribution in [0.2, 0.25) is 0 Å². The Morgan fingerprint density at radius 1 is 1.04 bits per heavy atom. The number of aromatic nitrogens is 1. The van der Waals surface area contributed by atoms with Crippen LogP contribution in [0.5, 0.6) is 0 Å². The van der Waals surface area contributed by atoms with Crippen LogP contribution in [-0.4, -0.2) is 65.4 Å². The molecule has 2 amide bonds. The van der Waals surface area contributed by atoms with E-state index >= 15 is 0 Å². The number of piperazine rings is 1. The molecule has 1 aromatic carbocycles. The van der Waals surface area contributed by atoms with Crippen molar-refractivity contribution >= 4 is 11.8 Å². The number of likely N-dealkylation sites (N-methyl/N-ethyl adjacent to an activating group) is 1. The predicted octanol–water partition coefficient (Wildman–Crippen LogP) is 1.72. The maximum atomic E-state index is 12.9. The number of carbonyl (C=O) groups excluding carboxylic acids is 2. The minimum atomic E-state index is -0.458. The normalized spacial score (nSPS) is 20.2. The number of hydrogen-bond donors (Lipinski definition) is 2. The maximum absolute atomic E-state index is 12.9. The first kappa shape index (κ1) is 16.8. The second-order valence-corrected chi connectivity index (χ2v) is 7.15. The lowest BCUT2D eigenvalue weighted by Gasteiger charge is -2.48. The molecule has 26 heavy (non-hydrogen) atoms. The standard InChI is InChI=1S/C20H24N4O2/c1-23-14-11-21-19(26)20(23)9-12-24(13-10-20)18(25)17-8-7-16(22-17)15-5-3-2-4-6-15/h2-8,22H,9-14H2,1H3,(H,21,26). The lowest BCUT2D eigenvalue weighted by molar-refractivity contribution is -0.139. The highest BCUT2D eigenvalue weighted by atomic mass is 16.2. The highest BCUT2D eigenvalue weighted by Crippen LogP contribution is 2.30. The molecule has 136 valence electrons. The highest BCUT2D eigenvalue weighted by Gasteiger charge is 2.47. The molecule has 2 aliphatic rings. The number of likely N-dealkylation sites (tertiary alicyclic amines) is 1. The Morgan fingerprint density at radius 3 is 2.46 bits per heavy atom. The molecule has 6 nitrogen and oxygen atoms in total. The maximum Gasteiger partial charge on any atom is 0.270 e. The van der Waals surface area contributed by atoms with Crippen LogP contribution in [0.4, 0.5) is 0 Å². The number of aromatic amines is 1. The average molecular weight is 352 g/mol. The van der Waals surface area contributed by atoms with Gasteiger partial charge in [-0.15, -0.1) is 0 Å². The van der Waals surface area contributed by atoms with E-state index in [1.54, 1.807) is 0 Å². The largest absolute Gasteiger partial charge is 0.353 e. The van der Waals surface area contributed by atoms with Crippen molar-refractivity contribution in [3.8, 4) is 11.3 Å². The first-order valence-corrected chi connectivity index (χ1v) is 9.13. The van der Waals surface area contributed by atoms with Gasteiger partial charge >= 0.3 is 0 Å². The van der Waals surface area contributed by atoms with Crippen LogP contribution in [0.25, 0.3) is 11.3 Å². The Balaban J connectivity index is 1.46. The van der Waals surface area contributed by atoms with E-state index in [2.05, 4.69) is 15.2 Å². The minimum absolute atomic E-state index is 0.000835. The lowest BCUT2D eigenvalue weighted by Crippen LogP contribution is -2.67. The van der Waals surface area contributed by atoms with E-state index < -0.39 is 5.54 Å². The summed E-state index contributed by atoms with van der Waals surface area (Å²) in [6.45, 7) is 2.74. The zero-order chi connectivity index (χ0) is 18.1. The molecule has 3 heterocycles. The Bertz CT molecular complexity index is 806. The number of benzene rings is 1. The molecule has 6 heteroatoms. The van der Waals surface area contributed by atoms with Crippen LogP contribution in [-0.2, 0) is 4.79 Å². The smallest absolute Gasteiger partial charge is 0.270 e. The molecule has 0 unspecified atom stereocenters. The first-order valence-electron chi connectivity index (χ1n) is 9.13. The molecule has 2 fully saturated rings. The summed E-state index contributed by atoms with van der Waals surface area (Å²) in [6.07, 6.45) is 1.35. The van der Waals surface area contributed by atoms with Crippen LogP contribution >= 0.6 is 0 Å². The minimum Gasteiger partial charge on any atom is -0.353 e. The molecular weight excluding hydrogens is 328 g/mol. The van der Waals surface area contributed by atoms with Gasteiger partial charge in [-0.2, -0.15) is 0 Å². The summed E-state index contributed by atoms with van der Waals surface area (Å²) in [7, 11) is 2.01. The molecule has 2 saturated heterocycles. The summed E-state index contributed by atoms with van der Waals surface area (Å²) in [5.41, 5.74) is 2.14. The van der Waals surface area contributed by atoms with Gasteiger partial charge in [0.25, 0.3) is 5.91 Å². The van der Waals surface area contributed by atoms with Gasteiger partial charge in [0.15, 0.2) is 0 Å². The van der Waals surface area contributed by atoms with Crippen LogP contribution in [0.3, 0.4) is 0 Å². The lowest BCUT2D eigenvalue weighted by atomic mass is 9.83. The molecule has 0 aliphatic carbocycles. The average Bonchev–Trinajstić information content (AvgIpc) is 3.17. The molecule has 4 rings (SSSR count). The van der Waals surface area contributed by atoms with Gasteiger partial charge in [0.05, 0.1) is 0 Å². The van der Waals surface area contributed by atoms with E-state index in [1.165, 1.54) is 0 Å². The summed E-state index contributed by atoms with van der Waals surface area (Å²) in [5, 5.41) is 2.98. The van der Waals surface area contributed by atoms with Gasteiger partial charge in [0, 0.05) is 31.9 Å². The molecular formula is C20H24N4O2. The first-order chi connectivity index (χ1) is 12.6. The van der Waals surface area contributed by atoms with E-state index in [9.17, 15) is 9.59 Å². The topological polar surface area (TPSA) is 68.4 Å². The third-order valence-electron chi connectivity index (χ3n) is 5.77. The number of nitrogens with one attached hydrogen (secondary N) is 2. The summed E-state index contributed by atoms with van der Waals surface area (Å²) in [4.78, 5) is 32.5. The molecule has 2 aliphatic heterocycles. The van der Waals surface area contributed by atoms with E-state index in [0.717, 1.165) is 17.8 Å². The van der Waals surface area contributed by atoms with Crippen molar-refractivity contribution in [2.45, 2.75) is 18.4 Å². The van der Waals surface area contributed by atoms with Crippen molar-refractivity contribution in [1.82, 2.24) is 20.1 Å². The fourth-order valence-corrected chi connectivity index (χ4v) is 4.05. The molecule has 2 aromatic rings. The number of H-pyrrole nitrogens is 1. The fraction of sp³-hybridized carbons (Fsp3) is 0.400. The third-order valence-corrected chi connectivity index (χ3v) is 5.77. The van der Waals surface area contributed by atoms with Crippen molar-refractivity contribution < 1.29 is 9.59 Å². The molecule has 0 saturated carbocycles. The highest BCUT2D eigenvalue weighted by molar-refractivity contribution is 5.94. The summed E-state index contributed by atoms with van der Waals surface area (Å²) in [5.74, 6) is 0.102. The Hall–Kier alpha value is -2.60. The van der Waals surface area contributed by atoms with E-state index in [4.69, 9.17) is 0 Å². The van der Waals surface area contributed by atoms with Crippen LogP contribution in [0.1, 0.15) is 23.3 Å². The molecule has 0 radical (unpaired) electrons. The van der Waals surface area contributed by atoms with Gasteiger partial charge in [-0.05, 0) is 37.6 Å². The van der Waals surface area contributed by atoms with Crippen LogP contribution in [0, 0.1) is 0 Å². The van der Waals surface area contributed by atoms with Crippen molar-refractivity contribution in [1.29, 1.82) is 0 Å².